The van der Waals surface area contributed by atoms with Gasteiger partial charge in [0.2, 0.25) is 6.29 Å². The van der Waals surface area contributed by atoms with Crippen LogP contribution >= 0.6 is 0 Å². The minimum Gasteiger partial charge on any atom is -0.497 e. The summed E-state index contributed by atoms with van der Waals surface area (Å²) in [5.41, 5.74) is 3.29. The lowest BCUT2D eigenvalue weighted by Gasteiger charge is -2.46. The van der Waals surface area contributed by atoms with E-state index in [0.29, 0.717) is 44.8 Å². The van der Waals surface area contributed by atoms with E-state index in [1.54, 1.807) is 7.11 Å². The van der Waals surface area contributed by atoms with Crippen molar-refractivity contribution in [3.8, 4) is 11.5 Å². The Hall–Kier alpha value is -4.36. The summed E-state index contributed by atoms with van der Waals surface area (Å²) in [7, 11) is 1.64. The maximum absolute atomic E-state index is 6.87. The molecule has 0 unspecified atom stereocenters. The second-order valence-corrected chi connectivity index (χ2v) is 16.1. The number of rotatable bonds is 16. The highest BCUT2D eigenvalue weighted by atomic mass is 16.7. The average Bonchev–Trinajstić information content (AvgIpc) is 3.27. The molecule has 0 saturated carbocycles. The third-order valence-electron chi connectivity index (χ3n) is 11.7. The molecule has 60 heavy (non-hydrogen) atoms. The van der Waals surface area contributed by atoms with Crippen molar-refractivity contribution in [1.82, 2.24) is 0 Å². The summed E-state index contributed by atoms with van der Waals surface area (Å²) in [5, 5.41) is 2.43. The first-order valence-electron chi connectivity index (χ1n) is 21.3. The van der Waals surface area contributed by atoms with Gasteiger partial charge in [0.25, 0.3) is 0 Å². The van der Waals surface area contributed by atoms with Gasteiger partial charge in [0.05, 0.1) is 63.6 Å². The van der Waals surface area contributed by atoms with Crippen LogP contribution in [0.4, 0.5) is 0 Å². The van der Waals surface area contributed by atoms with Crippen LogP contribution in [0.15, 0.2) is 127 Å². The lowest BCUT2D eigenvalue weighted by atomic mass is 9.99. The molecular formula is C50H58O10. The maximum atomic E-state index is 6.87. The molecule has 0 spiro atoms. The number of ether oxygens (including phenoxy) is 10. The molecule has 3 saturated heterocycles. The molecule has 3 aliphatic rings. The lowest BCUT2D eigenvalue weighted by Crippen LogP contribution is -2.56. The minimum absolute atomic E-state index is 0.0516. The molecule has 318 valence electrons. The molecule has 3 aliphatic heterocycles. The van der Waals surface area contributed by atoms with Crippen LogP contribution in [0, 0.1) is 0 Å². The fraction of sp³-hybridized carbons (Fsp3) is 0.440. The van der Waals surface area contributed by atoms with Crippen molar-refractivity contribution in [2.75, 3.05) is 7.11 Å². The largest absolute Gasteiger partial charge is 0.497 e. The van der Waals surface area contributed by atoms with Gasteiger partial charge in [0, 0.05) is 19.3 Å². The van der Waals surface area contributed by atoms with Gasteiger partial charge in [-0.3, -0.25) is 0 Å². The summed E-state index contributed by atoms with van der Waals surface area (Å²) in [4.78, 5) is 0. The summed E-state index contributed by atoms with van der Waals surface area (Å²) < 4.78 is 64.6. The standard InChI is InChI=1S/C50H58O10/c1-33-43(52-32-38-19-20-39-17-11-12-18-40(39)27-38)25-26-46(55-33)59-45-29-48(56-34(2)49(45)54-31-37-15-9-6-10-16-37)60-50-35(3)57-47(58-42-23-21-41(51-4)22-24-42)28-44(50)53-30-36-13-7-5-8-14-36/h5-24,27,33-35,43-50H,25-26,28-32H2,1-4H3/t33-,34+,35+,43-,44+,45+,46-,47-,48-,49+,50+/m0/s1. The first-order chi connectivity index (χ1) is 29.4. The summed E-state index contributed by atoms with van der Waals surface area (Å²) >= 11 is 0. The van der Waals surface area contributed by atoms with Crippen LogP contribution in [0.3, 0.4) is 0 Å². The molecule has 8 rings (SSSR count). The minimum atomic E-state index is -0.612. The van der Waals surface area contributed by atoms with Gasteiger partial charge in [-0.1, -0.05) is 97.1 Å². The Kier molecular flexibility index (Phi) is 14.4. The number of hydrogen-bond acceptors (Lipinski definition) is 10. The molecule has 3 fully saturated rings. The van der Waals surface area contributed by atoms with Crippen molar-refractivity contribution < 1.29 is 47.4 Å². The fourth-order valence-electron chi connectivity index (χ4n) is 8.40. The molecule has 0 radical (unpaired) electrons. The molecule has 11 atom stereocenters. The average molecular weight is 819 g/mol. The van der Waals surface area contributed by atoms with Gasteiger partial charge in [0.1, 0.15) is 23.7 Å². The molecule has 0 N–H and O–H groups in total. The third kappa shape index (κ3) is 11.1. The first-order valence-corrected chi connectivity index (χ1v) is 21.3. The summed E-state index contributed by atoms with van der Waals surface area (Å²) in [6, 6.07) is 42.6. The van der Waals surface area contributed by atoms with Crippen molar-refractivity contribution in [3.63, 3.8) is 0 Å². The van der Waals surface area contributed by atoms with Crippen molar-refractivity contribution >= 4 is 10.8 Å². The van der Waals surface area contributed by atoms with Gasteiger partial charge in [-0.15, -0.1) is 0 Å². The summed E-state index contributed by atoms with van der Waals surface area (Å²) in [6.45, 7) is 7.44. The Morgan fingerprint density at radius 2 is 1.05 bits per heavy atom. The van der Waals surface area contributed by atoms with Crippen molar-refractivity contribution in [1.29, 1.82) is 0 Å². The molecule has 3 heterocycles. The highest BCUT2D eigenvalue weighted by molar-refractivity contribution is 5.82. The predicted octanol–water partition coefficient (Wildman–Crippen LogP) is 9.55. The Bertz CT molecular complexity index is 2050. The van der Waals surface area contributed by atoms with Crippen LogP contribution in [0.1, 0.15) is 63.1 Å². The smallest absolute Gasteiger partial charge is 0.202 e. The van der Waals surface area contributed by atoms with Gasteiger partial charge < -0.3 is 47.4 Å². The van der Waals surface area contributed by atoms with Gasteiger partial charge in [-0.25, -0.2) is 0 Å². The van der Waals surface area contributed by atoms with Crippen molar-refractivity contribution in [2.45, 2.75) is 134 Å². The molecule has 0 amide bonds. The van der Waals surface area contributed by atoms with Gasteiger partial charge in [-0.2, -0.15) is 0 Å². The zero-order valence-electron chi connectivity index (χ0n) is 35.0. The van der Waals surface area contributed by atoms with E-state index in [9.17, 15) is 0 Å². The zero-order valence-corrected chi connectivity index (χ0v) is 35.0. The third-order valence-corrected chi connectivity index (χ3v) is 11.7. The van der Waals surface area contributed by atoms with E-state index in [-0.39, 0.29) is 42.7 Å². The molecule has 5 aromatic rings. The Morgan fingerprint density at radius 1 is 0.467 bits per heavy atom. The van der Waals surface area contributed by atoms with E-state index in [1.165, 1.54) is 10.8 Å². The number of benzene rings is 5. The van der Waals surface area contributed by atoms with E-state index in [2.05, 4.69) is 73.7 Å². The molecular weight excluding hydrogens is 761 g/mol. The molecule has 0 bridgehead atoms. The second-order valence-electron chi connectivity index (χ2n) is 16.1. The Labute approximate surface area is 353 Å². The van der Waals surface area contributed by atoms with E-state index in [1.807, 2.05) is 74.5 Å². The number of hydrogen-bond donors (Lipinski definition) is 0. The fourth-order valence-corrected chi connectivity index (χ4v) is 8.40. The normalized spacial score (nSPS) is 29.6. The monoisotopic (exact) mass is 818 g/mol. The highest BCUT2D eigenvalue weighted by Gasteiger charge is 2.46. The van der Waals surface area contributed by atoms with E-state index < -0.39 is 25.0 Å². The SMILES string of the molecule is COc1ccc(O[C@H]2C[C@@H](OCc3ccccc3)[C@H](O[C@H]3C[C@@H](O[C@H]4CC[C@H](OCc5ccc6ccccc6c5)[C@H](C)O4)[C@H](OCc4ccccc4)[C@@H](C)O3)[C@@H](C)O2)cc1. The summed E-state index contributed by atoms with van der Waals surface area (Å²) in [5.74, 6) is 1.44. The van der Waals surface area contributed by atoms with Crippen LogP contribution < -0.4 is 9.47 Å². The van der Waals surface area contributed by atoms with Crippen molar-refractivity contribution in [2.24, 2.45) is 0 Å². The van der Waals surface area contributed by atoms with Crippen LogP contribution in [-0.4, -0.2) is 74.8 Å². The van der Waals surface area contributed by atoms with Crippen LogP contribution in [0.2, 0.25) is 0 Å². The van der Waals surface area contributed by atoms with Gasteiger partial charge in [0.15, 0.2) is 12.6 Å². The predicted molar refractivity (Wildman–Crippen MR) is 227 cm³/mol. The molecule has 10 heteroatoms. The number of fused-ring (bicyclic) bond motifs is 1. The second kappa shape index (κ2) is 20.5. The molecule has 0 aliphatic carbocycles. The quantitative estimate of drug-likeness (QED) is 0.0959. The van der Waals surface area contributed by atoms with E-state index in [0.717, 1.165) is 28.9 Å². The molecule has 10 nitrogen and oxygen atoms in total. The lowest BCUT2D eigenvalue weighted by molar-refractivity contribution is -0.331. The summed E-state index contributed by atoms with van der Waals surface area (Å²) in [6.07, 6.45) is -1.67. The van der Waals surface area contributed by atoms with Crippen LogP contribution in [-0.2, 0) is 57.7 Å². The Morgan fingerprint density at radius 3 is 1.77 bits per heavy atom. The van der Waals surface area contributed by atoms with E-state index >= 15 is 0 Å². The number of methoxy groups -OCH3 is 1. The van der Waals surface area contributed by atoms with E-state index in [4.69, 9.17) is 47.4 Å². The topological polar surface area (TPSA) is 92.3 Å². The van der Waals surface area contributed by atoms with Crippen LogP contribution in [0.5, 0.6) is 11.5 Å². The molecule has 0 aromatic heterocycles. The highest BCUT2D eigenvalue weighted by Crippen LogP contribution is 2.35. The van der Waals surface area contributed by atoms with Crippen molar-refractivity contribution in [3.05, 3.63) is 144 Å². The van der Waals surface area contributed by atoms with Crippen LogP contribution in [0.25, 0.3) is 10.8 Å². The first kappa shape index (κ1) is 42.3. The van der Waals surface area contributed by atoms with Gasteiger partial charge >= 0.3 is 0 Å². The zero-order chi connectivity index (χ0) is 41.3. The molecule has 5 aromatic carbocycles. The Balaban J connectivity index is 0.931. The van der Waals surface area contributed by atoms with Gasteiger partial charge in [-0.05, 0) is 85.0 Å². The maximum Gasteiger partial charge on any atom is 0.202 e.